The first-order valence-corrected chi connectivity index (χ1v) is 6.45. The molecule has 0 aromatic heterocycles. The summed E-state index contributed by atoms with van der Waals surface area (Å²) in [5.41, 5.74) is 0. The number of hydrogen-bond donors (Lipinski definition) is 1. The van der Waals surface area contributed by atoms with Crippen LogP contribution in [0.3, 0.4) is 0 Å². The van der Waals surface area contributed by atoms with Crippen molar-refractivity contribution in [2.24, 2.45) is 0 Å². The Bertz CT molecular complexity index is 169. The van der Waals surface area contributed by atoms with Crippen LogP contribution in [0.5, 0.6) is 0 Å². The van der Waals surface area contributed by atoms with E-state index in [0.29, 0.717) is 6.42 Å². The zero-order valence-corrected chi connectivity index (χ0v) is 10.7. The molecule has 0 rings (SSSR count). The van der Waals surface area contributed by atoms with E-state index >= 15 is 0 Å². The van der Waals surface area contributed by atoms with Gasteiger partial charge in [0.25, 0.3) is 0 Å². The summed E-state index contributed by atoms with van der Waals surface area (Å²) in [5, 5.41) is 9.64. The van der Waals surface area contributed by atoms with Gasteiger partial charge in [-0.2, -0.15) is 0 Å². The second-order valence-corrected chi connectivity index (χ2v) is 4.33. The number of esters is 1. The van der Waals surface area contributed by atoms with Crippen molar-refractivity contribution in [2.75, 3.05) is 7.11 Å². The predicted octanol–water partition coefficient (Wildman–Crippen LogP) is 3.05. The van der Waals surface area contributed by atoms with Crippen molar-refractivity contribution in [2.45, 2.75) is 70.8 Å². The molecule has 3 heteroatoms. The molecule has 0 aliphatic carbocycles. The zero-order chi connectivity index (χ0) is 12.2. The molecule has 0 aromatic carbocycles. The second kappa shape index (κ2) is 10.9. The number of unbranched alkanes of at least 4 members (excludes halogenated alkanes) is 4. The molecular weight excluding hydrogens is 204 g/mol. The molecule has 0 aromatic rings. The first-order valence-electron chi connectivity index (χ1n) is 6.45. The maximum atomic E-state index is 10.8. The van der Waals surface area contributed by atoms with Crippen molar-refractivity contribution in [3.05, 3.63) is 0 Å². The first kappa shape index (κ1) is 15.4. The summed E-state index contributed by atoms with van der Waals surface area (Å²) in [6, 6.07) is 0. The highest BCUT2D eigenvalue weighted by Gasteiger charge is 2.04. The summed E-state index contributed by atoms with van der Waals surface area (Å²) in [4.78, 5) is 10.8. The first-order chi connectivity index (χ1) is 7.70. The van der Waals surface area contributed by atoms with Gasteiger partial charge >= 0.3 is 5.97 Å². The highest BCUT2D eigenvalue weighted by Crippen LogP contribution is 2.11. The highest BCUT2D eigenvalue weighted by atomic mass is 16.5. The zero-order valence-electron chi connectivity index (χ0n) is 10.7. The van der Waals surface area contributed by atoms with Gasteiger partial charge in [-0.3, -0.25) is 4.79 Å². The quantitative estimate of drug-likeness (QED) is 0.463. The smallest absolute Gasteiger partial charge is 0.305 e. The normalized spacial score (nSPS) is 12.4. The Balaban J connectivity index is 3.21. The number of ether oxygens (including phenoxy) is 1. The van der Waals surface area contributed by atoms with E-state index in [4.69, 9.17) is 0 Å². The summed E-state index contributed by atoms with van der Waals surface area (Å²) in [5.74, 6) is -0.136. The minimum atomic E-state index is -0.148. The van der Waals surface area contributed by atoms with Crippen molar-refractivity contribution < 1.29 is 14.6 Å². The van der Waals surface area contributed by atoms with Crippen LogP contribution in [-0.4, -0.2) is 24.3 Å². The standard InChI is InChI=1S/C13H26O3/c1-3-4-6-9-12(14)10-7-5-8-11-13(15)16-2/h12,14H,3-11H2,1-2H3. The summed E-state index contributed by atoms with van der Waals surface area (Å²) in [7, 11) is 1.42. The van der Waals surface area contributed by atoms with Gasteiger partial charge in [0.15, 0.2) is 0 Å². The van der Waals surface area contributed by atoms with Gasteiger partial charge in [-0.05, 0) is 19.3 Å². The monoisotopic (exact) mass is 230 g/mol. The van der Waals surface area contributed by atoms with Crippen LogP contribution in [0.2, 0.25) is 0 Å². The number of methoxy groups -OCH3 is 1. The van der Waals surface area contributed by atoms with Crippen LogP contribution in [-0.2, 0) is 9.53 Å². The van der Waals surface area contributed by atoms with E-state index < -0.39 is 0 Å². The van der Waals surface area contributed by atoms with Gasteiger partial charge in [-0.15, -0.1) is 0 Å². The molecule has 0 radical (unpaired) electrons. The molecule has 0 fully saturated rings. The molecule has 0 aliphatic rings. The fraction of sp³-hybridized carbons (Fsp3) is 0.923. The fourth-order valence-electron chi connectivity index (χ4n) is 1.70. The molecule has 1 N–H and O–H groups in total. The summed E-state index contributed by atoms with van der Waals surface area (Å²) < 4.78 is 4.56. The topological polar surface area (TPSA) is 46.5 Å². The number of hydrogen-bond acceptors (Lipinski definition) is 3. The Morgan fingerprint density at radius 1 is 1.12 bits per heavy atom. The third-order valence-corrected chi connectivity index (χ3v) is 2.79. The number of carbonyl (C=O) groups is 1. The van der Waals surface area contributed by atoms with Crippen LogP contribution in [0.1, 0.15) is 64.7 Å². The number of aliphatic hydroxyl groups is 1. The molecule has 96 valence electrons. The van der Waals surface area contributed by atoms with Crippen molar-refractivity contribution in [1.82, 2.24) is 0 Å². The molecule has 1 atom stereocenters. The minimum Gasteiger partial charge on any atom is -0.469 e. The molecule has 0 saturated carbocycles. The lowest BCUT2D eigenvalue weighted by Crippen LogP contribution is -2.06. The predicted molar refractivity (Wildman–Crippen MR) is 65.2 cm³/mol. The third-order valence-electron chi connectivity index (χ3n) is 2.79. The minimum absolute atomic E-state index is 0.136. The van der Waals surface area contributed by atoms with E-state index in [2.05, 4.69) is 11.7 Å². The van der Waals surface area contributed by atoms with E-state index in [0.717, 1.165) is 38.5 Å². The third kappa shape index (κ3) is 9.97. The Kier molecular flexibility index (Phi) is 10.5. The number of aliphatic hydroxyl groups excluding tert-OH is 1. The molecule has 0 amide bonds. The summed E-state index contributed by atoms with van der Waals surface area (Å²) >= 11 is 0. The van der Waals surface area contributed by atoms with Crippen LogP contribution in [0.4, 0.5) is 0 Å². The number of rotatable bonds is 10. The summed E-state index contributed by atoms with van der Waals surface area (Å²) in [6.45, 7) is 2.17. The SMILES string of the molecule is CCCCCC(O)CCCCCC(=O)OC. The Labute approximate surface area is 99.2 Å². The Morgan fingerprint density at radius 2 is 1.75 bits per heavy atom. The molecule has 0 saturated heterocycles. The van der Waals surface area contributed by atoms with Gasteiger partial charge in [0.2, 0.25) is 0 Å². The van der Waals surface area contributed by atoms with Crippen molar-refractivity contribution in [3.63, 3.8) is 0 Å². The Hall–Kier alpha value is -0.570. The molecule has 0 heterocycles. The van der Waals surface area contributed by atoms with Crippen LogP contribution in [0, 0.1) is 0 Å². The lowest BCUT2D eigenvalue weighted by Gasteiger charge is -2.09. The van der Waals surface area contributed by atoms with E-state index in [1.807, 2.05) is 0 Å². The van der Waals surface area contributed by atoms with E-state index in [9.17, 15) is 9.90 Å². The molecule has 3 nitrogen and oxygen atoms in total. The molecular formula is C13H26O3. The molecule has 1 unspecified atom stereocenters. The van der Waals surface area contributed by atoms with Crippen molar-refractivity contribution >= 4 is 5.97 Å². The molecule has 0 spiro atoms. The fourth-order valence-corrected chi connectivity index (χ4v) is 1.70. The van der Waals surface area contributed by atoms with E-state index in [1.54, 1.807) is 0 Å². The van der Waals surface area contributed by atoms with Gasteiger partial charge in [-0.1, -0.05) is 39.0 Å². The van der Waals surface area contributed by atoms with Crippen molar-refractivity contribution in [3.8, 4) is 0 Å². The number of carbonyl (C=O) groups excluding carboxylic acids is 1. The molecule has 0 aliphatic heterocycles. The lowest BCUT2D eigenvalue weighted by molar-refractivity contribution is -0.140. The summed E-state index contributed by atoms with van der Waals surface area (Å²) in [6.07, 6.45) is 8.55. The van der Waals surface area contributed by atoms with Crippen LogP contribution >= 0.6 is 0 Å². The van der Waals surface area contributed by atoms with Crippen LogP contribution < -0.4 is 0 Å². The van der Waals surface area contributed by atoms with Gasteiger partial charge in [0.05, 0.1) is 13.2 Å². The maximum absolute atomic E-state index is 10.8. The average Bonchev–Trinajstić information content (AvgIpc) is 2.28. The van der Waals surface area contributed by atoms with Crippen LogP contribution in [0.25, 0.3) is 0 Å². The molecule has 16 heavy (non-hydrogen) atoms. The van der Waals surface area contributed by atoms with Crippen molar-refractivity contribution in [1.29, 1.82) is 0 Å². The van der Waals surface area contributed by atoms with E-state index in [1.165, 1.54) is 20.0 Å². The van der Waals surface area contributed by atoms with Gasteiger partial charge < -0.3 is 9.84 Å². The highest BCUT2D eigenvalue weighted by molar-refractivity contribution is 5.68. The second-order valence-electron chi connectivity index (χ2n) is 4.33. The molecule has 0 bridgehead atoms. The lowest BCUT2D eigenvalue weighted by atomic mass is 10.0. The maximum Gasteiger partial charge on any atom is 0.305 e. The Morgan fingerprint density at radius 3 is 2.31 bits per heavy atom. The largest absolute Gasteiger partial charge is 0.469 e. The van der Waals surface area contributed by atoms with Gasteiger partial charge in [0, 0.05) is 6.42 Å². The average molecular weight is 230 g/mol. The van der Waals surface area contributed by atoms with Gasteiger partial charge in [0.1, 0.15) is 0 Å². The van der Waals surface area contributed by atoms with Gasteiger partial charge in [-0.25, -0.2) is 0 Å². The van der Waals surface area contributed by atoms with E-state index in [-0.39, 0.29) is 12.1 Å². The van der Waals surface area contributed by atoms with Crippen LogP contribution in [0.15, 0.2) is 0 Å².